The van der Waals surface area contributed by atoms with Crippen LogP contribution < -0.4 is 0 Å². The van der Waals surface area contributed by atoms with Crippen LogP contribution >= 0.6 is 15.9 Å². The highest BCUT2D eigenvalue weighted by molar-refractivity contribution is 9.10. The minimum absolute atomic E-state index is 0.469. The minimum Gasteiger partial charge on any atom is -0.497 e. The van der Waals surface area contributed by atoms with Crippen LogP contribution in [0.3, 0.4) is 0 Å². The van der Waals surface area contributed by atoms with Gasteiger partial charge in [0, 0.05) is 0 Å². The van der Waals surface area contributed by atoms with Gasteiger partial charge in [-0.1, -0.05) is 22.0 Å². The number of halogens is 1. The highest BCUT2D eigenvalue weighted by Crippen LogP contribution is 2.32. The molecule has 4 heteroatoms. The summed E-state index contributed by atoms with van der Waals surface area (Å²) in [6.07, 6.45) is 6.30. The number of carbonyl (C=O) groups excluding carboxylic acids is 2. The average Bonchev–Trinajstić information content (AvgIpc) is 2.17. The van der Waals surface area contributed by atoms with Gasteiger partial charge in [-0.2, -0.15) is 0 Å². The lowest BCUT2D eigenvalue weighted by molar-refractivity contribution is -0.115. The molecule has 70 valence electrons. The van der Waals surface area contributed by atoms with Crippen molar-refractivity contribution >= 4 is 28.5 Å². The van der Waals surface area contributed by atoms with E-state index in [1.165, 1.54) is 7.11 Å². The summed E-state index contributed by atoms with van der Waals surface area (Å²) in [5.41, 5.74) is 0. The van der Waals surface area contributed by atoms with Gasteiger partial charge in [0.05, 0.1) is 13.0 Å². The van der Waals surface area contributed by atoms with Crippen molar-refractivity contribution < 1.29 is 14.3 Å². The Hall–Kier alpha value is -0.900. The van der Waals surface area contributed by atoms with Crippen LogP contribution in [0.2, 0.25) is 0 Å². The third kappa shape index (κ3) is 1.88. The largest absolute Gasteiger partial charge is 0.497 e. The molecule has 0 spiro atoms. The number of hydrogen-bond acceptors (Lipinski definition) is 3. The zero-order valence-corrected chi connectivity index (χ0v) is 8.65. The maximum atomic E-state index is 10.8. The lowest BCUT2D eigenvalue weighted by Crippen LogP contribution is -2.33. The van der Waals surface area contributed by atoms with E-state index in [1.807, 2.05) is 0 Å². The molecule has 0 aromatic heterocycles. The molecule has 0 bridgehead atoms. The molecule has 13 heavy (non-hydrogen) atoms. The van der Waals surface area contributed by atoms with Crippen LogP contribution in [0.15, 0.2) is 24.0 Å². The first-order valence-electron chi connectivity index (χ1n) is 3.72. The van der Waals surface area contributed by atoms with Crippen LogP contribution in [-0.4, -0.2) is 24.0 Å². The van der Waals surface area contributed by atoms with E-state index in [0.717, 1.165) is 6.29 Å². The molecule has 1 rings (SSSR count). The first kappa shape index (κ1) is 10.2. The van der Waals surface area contributed by atoms with E-state index in [2.05, 4.69) is 15.9 Å². The van der Waals surface area contributed by atoms with Gasteiger partial charge in [-0.05, 0) is 12.2 Å². The summed E-state index contributed by atoms with van der Waals surface area (Å²) in [4.78, 5) is 21.4. The van der Waals surface area contributed by atoms with Crippen molar-refractivity contribution in [3.63, 3.8) is 0 Å². The predicted molar refractivity (Wildman–Crippen MR) is 51.5 cm³/mol. The first-order chi connectivity index (χ1) is 6.16. The molecule has 2 atom stereocenters. The molecule has 1 aliphatic rings. The molecule has 0 saturated carbocycles. The number of alkyl halides is 1. The average molecular weight is 245 g/mol. The molecule has 0 aromatic rings. The molecule has 0 amide bonds. The lowest BCUT2D eigenvalue weighted by atomic mass is 9.90. The highest BCUT2D eigenvalue weighted by atomic mass is 79.9. The minimum atomic E-state index is -0.950. The van der Waals surface area contributed by atoms with Crippen LogP contribution in [0.25, 0.3) is 0 Å². The smallest absolute Gasteiger partial charge is 0.141 e. The zero-order valence-electron chi connectivity index (χ0n) is 7.07. The molecule has 0 fully saturated rings. The van der Waals surface area contributed by atoms with Crippen LogP contribution in [0.5, 0.6) is 0 Å². The second kappa shape index (κ2) is 3.87. The maximum absolute atomic E-state index is 10.8. The number of carbonyl (C=O) groups is 2. The first-order valence-corrected chi connectivity index (χ1v) is 4.51. The van der Waals surface area contributed by atoms with Gasteiger partial charge >= 0.3 is 0 Å². The Labute approximate surface area is 84.6 Å². The van der Waals surface area contributed by atoms with Crippen molar-refractivity contribution in [3.8, 4) is 0 Å². The molecule has 0 aromatic carbocycles. The van der Waals surface area contributed by atoms with E-state index in [0.29, 0.717) is 12.0 Å². The Kier molecular flexibility index (Phi) is 3.03. The summed E-state index contributed by atoms with van der Waals surface area (Å²) in [5.74, 6) is 0.103. The quantitative estimate of drug-likeness (QED) is 0.554. The van der Waals surface area contributed by atoms with Gasteiger partial charge in [0.2, 0.25) is 0 Å². The van der Waals surface area contributed by atoms with Gasteiger partial charge in [0.25, 0.3) is 0 Å². The maximum Gasteiger partial charge on any atom is 0.141 e. The fraction of sp³-hybridized carbons (Fsp3) is 0.333. The third-order valence-corrected chi connectivity index (χ3v) is 2.85. The molecular formula is C9H9BrO3. The van der Waals surface area contributed by atoms with Crippen molar-refractivity contribution in [2.75, 3.05) is 7.11 Å². The SMILES string of the molecule is COC1=CC(Br)(C=O)C(C=O)C=C1. The Morgan fingerprint density at radius 2 is 2.31 bits per heavy atom. The molecule has 0 aliphatic heterocycles. The van der Waals surface area contributed by atoms with Crippen molar-refractivity contribution in [2.24, 2.45) is 5.92 Å². The van der Waals surface area contributed by atoms with Gasteiger partial charge in [0.15, 0.2) is 0 Å². The fourth-order valence-electron chi connectivity index (χ4n) is 1.10. The summed E-state index contributed by atoms with van der Waals surface area (Å²) in [6, 6.07) is 0. The topological polar surface area (TPSA) is 43.4 Å². The zero-order chi connectivity index (χ0) is 9.90. The summed E-state index contributed by atoms with van der Waals surface area (Å²) in [6.45, 7) is 0. The molecule has 0 saturated heterocycles. The standard InChI is InChI=1S/C9H9BrO3/c1-13-8-3-2-7(5-11)9(10,4-8)6-12/h2-7H,1H3. The molecule has 2 unspecified atom stereocenters. The van der Waals surface area contributed by atoms with Crippen LogP contribution in [-0.2, 0) is 14.3 Å². The van der Waals surface area contributed by atoms with Crippen molar-refractivity contribution in [2.45, 2.75) is 4.32 Å². The summed E-state index contributed by atoms with van der Waals surface area (Å²) in [7, 11) is 1.51. The van der Waals surface area contributed by atoms with Crippen LogP contribution in [0.4, 0.5) is 0 Å². The third-order valence-electron chi connectivity index (χ3n) is 1.91. The second-order valence-electron chi connectivity index (χ2n) is 2.72. The number of rotatable bonds is 3. The van der Waals surface area contributed by atoms with E-state index in [4.69, 9.17) is 4.74 Å². The van der Waals surface area contributed by atoms with Gasteiger partial charge in [-0.25, -0.2) is 0 Å². The molecule has 0 heterocycles. The fourth-order valence-corrected chi connectivity index (χ4v) is 1.58. The molecule has 0 N–H and O–H groups in total. The van der Waals surface area contributed by atoms with Gasteiger partial charge < -0.3 is 14.3 Å². The van der Waals surface area contributed by atoms with E-state index in [-0.39, 0.29) is 0 Å². The van der Waals surface area contributed by atoms with Crippen LogP contribution in [0, 0.1) is 5.92 Å². The van der Waals surface area contributed by atoms with Crippen LogP contribution in [0.1, 0.15) is 0 Å². The predicted octanol–water partition coefficient (Wildman–Crippen LogP) is 1.23. The Bertz CT molecular complexity index is 283. The van der Waals surface area contributed by atoms with E-state index in [1.54, 1.807) is 18.2 Å². The van der Waals surface area contributed by atoms with Gasteiger partial charge in [0.1, 0.15) is 22.7 Å². The number of allylic oxidation sites excluding steroid dienone is 3. The van der Waals surface area contributed by atoms with Crippen molar-refractivity contribution in [1.82, 2.24) is 0 Å². The molecule has 1 aliphatic carbocycles. The number of hydrogen-bond donors (Lipinski definition) is 0. The molecular weight excluding hydrogens is 236 g/mol. The normalized spacial score (nSPS) is 32.2. The van der Waals surface area contributed by atoms with Crippen molar-refractivity contribution in [1.29, 1.82) is 0 Å². The lowest BCUT2D eigenvalue weighted by Gasteiger charge is -2.24. The number of ether oxygens (including phenoxy) is 1. The van der Waals surface area contributed by atoms with Gasteiger partial charge in [-0.15, -0.1) is 0 Å². The Morgan fingerprint density at radius 1 is 1.62 bits per heavy atom. The second-order valence-corrected chi connectivity index (χ2v) is 4.09. The molecule has 0 radical (unpaired) electrons. The van der Waals surface area contributed by atoms with E-state index < -0.39 is 10.2 Å². The Morgan fingerprint density at radius 3 is 2.77 bits per heavy atom. The Balaban J connectivity index is 3.02. The van der Waals surface area contributed by atoms with E-state index in [9.17, 15) is 9.59 Å². The number of methoxy groups -OCH3 is 1. The van der Waals surface area contributed by atoms with Gasteiger partial charge in [-0.3, -0.25) is 0 Å². The van der Waals surface area contributed by atoms with Crippen molar-refractivity contribution in [3.05, 3.63) is 24.0 Å². The monoisotopic (exact) mass is 244 g/mol. The summed E-state index contributed by atoms with van der Waals surface area (Å²) >= 11 is 3.20. The number of aldehydes is 2. The summed E-state index contributed by atoms with van der Waals surface area (Å²) in [5, 5.41) is 0. The molecule has 3 nitrogen and oxygen atoms in total. The highest BCUT2D eigenvalue weighted by Gasteiger charge is 2.35. The summed E-state index contributed by atoms with van der Waals surface area (Å²) < 4.78 is 4.00. The van der Waals surface area contributed by atoms with E-state index >= 15 is 0 Å².